The molecule has 0 aliphatic carbocycles. The van der Waals surface area contributed by atoms with E-state index < -0.39 is 5.97 Å². The van der Waals surface area contributed by atoms with E-state index in [-0.39, 0.29) is 11.5 Å². The number of ether oxygens (including phenoxy) is 2. The number of hydrogen-bond acceptors (Lipinski definition) is 4. The second kappa shape index (κ2) is 5.84. The van der Waals surface area contributed by atoms with Crippen molar-refractivity contribution in [1.29, 1.82) is 0 Å². The Bertz CT molecular complexity index is 431. The molecular formula is C13H14O4. The lowest BCUT2D eigenvalue weighted by Crippen LogP contribution is -2.06. The van der Waals surface area contributed by atoms with Gasteiger partial charge >= 0.3 is 11.9 Å². The first-order chi connectivity index (χ1) is 8.04. The Balaban J connectivity index is 2.77. The van der Waals surface area contributed by atoms with Gasteiger partial charge in [-0.05, 0) is 24.6 Å². The van der Waals surface area contributed by atoms with Gasteiger partial charge in [-0.3, -0.25) is 4.79 Å². The summed E-state index contributed by atoms with van der Waals surface area (Å²) < 4.78 is 9.70. The Kier molecular flexibility index (Phi) is 4.46. The van der Waals surface area contributed by atoms with E-state index in [4.69, 9.17) is 9.47 Å². The summed E-state index contributed by atoms with van der Waals surface area (Å²) in [7, 11) is 0. The van der Waals surface area contributed by atoms with Gasteiger partial charge < -0.3 is 9.47 Å². The average molecular weight is 234 g/mol. The maximum atomic E-state index is 11.4. The van der Waals surface area contributed by atoms with E-state index in [9.17, 15) is 9.59 Å². The number of benzene rings is 1. The van der Waals surface area contributed by atoms with Gasteiger partial charge in [-0.2, -0.15) is 0 Å². The zero-order chi connectivity index (χ0) is 12.8. The topological polar surface area (TPSA) is 52.6 Å². The second-order valence-electron chi connectivity index (χ2n) is 3.32. The van der Waals surface area contributed by atoms with Crippen molar-refractivity contribution in [3.8, 4) is 5.75 Å². The highest BCUT2D eigenvalue weighted by atomic mass is 16.5. The summed E-state index contributed by atoms with van der Waals surface area (Å²) in [6, 6.07) is 6.50. The normalized spacial score (nSPS) is 9.53. The van der Waals surface area contributed by atoms with Gasteiger partial charge in [0.2, 0.25) is 0 Å². The van der Waals surface area contributed by atoms with E-state index in [0.29, 0.717) is 17.9 Å². The van der Waals surface area contributed by atoms with Crippen LogP contribution in [-0.4, -0.2) is 18.5 Å². The third kappa shape index (κ3) is 3.75. The number of esters is 2. The molecule has 0 aliphatic heterocycles. The van der Waals surface area contributed by atoms with E-state index in [1.54, 1.807) is 31.2 Å². The lowest BCUT2D eigenvalue weighted by molar-refractivity contribution is -0.136. The van der Waals surface area contributed by atoms with Crippen LogP contribution in [0.3, 0.4) is 0 Å². The molecule has 0 fully saturated rings. The fourth-order valence-corrected chi connectivity index (χ4v) is 1.23. The molecule has 0 spiro atoms. The molecule has 0 bridgehead atoms. The van der Waals surface area contributed by atoms with Gasteiger partial charge in [-0.1, -0.05) is 18.7 Å². The third-order valence-corrected chi connectivity index (χ3v) is 1.99. The van der Waals surface area contributed by atoms with Gasteiger partial charge in [0.1, 0.15) is 5.75 Å². The summed E-state index contributed by atoms with van der Waals surface area (Å²) in [4.78, 5) is 22.1. The standard InChI is InChI=1S/C13H14O4/c1-4-16-13(15)9(2)11-5-7-12(8-6-11)17-10(3)14/h5-8H,2,4H2,1,3H3. The molecule has 1 aromatic rings. The number of hydrogen-bond donors (Lipinski definition) is 0. The molecule has 0 radical (unpaired) electrons. The average Bonchev–Trinajstić information content (AvgIpc) is 2.28. The van der Waals surface area contributed by atoms with Crippen LogP contribution in [0.5, 0.6) is 5.75 Å². The summed E-state index contributed by atoms with van der Waals surface area (Å²) in [6.07, 6.45) is 0. The number of rotatable bonds is 4. The maximum Gasteiger partial charge on any atom is 0.338 e. The van der Waals surface area contributed by atoms with Gasteiger partial charge in [0.15, 0.2) is 0 Å². The molecule has 0 aromatic heterocycles. The van der Waals surface area contributed by atoms with Crippen LogP contribution in [-0.2, 0) is 14.3 Å². The van der Waals surface area contributed by atoms with Crippen molar-refractivity contribution in [3.63, 3.8) is 0 Å². The van der Waals surface area contributed by atoms with Crippen molar-refractivity contribution >= 4 is 17.5 Å². The minimum absolute atomic E-state index is 0.279. The van der Waals surface area contributed by atoms with Crippen LogP contribution in [0.25, 0.3) is 5.57 Å². The van der Waals surface area contributed by atoms with Gasteiger partial charge in [0.25, 0.3) is 0 Å². The Labute approximate surface area is 99.8 Å². The molecule has 0 unspecified atom stereocenters. The predicted molar refractivity (Wildman–Crippen MR) is 63.4 cm³/mol. The highest BCUT2D eigenvalue weighted by Gasteiger charge is 2.10. The fourth-order valence-electron chi connectivity index (χ4n) is 1.23. The molecule has 0 heterocycles. The van der Waals surface area contributed by atoms with E-state index >= 15 is 0 Å². The fraction of sp³-hybridized carbons (Fsp3) is 0.231. The summed E-state index contributed by atoms with van der Waals surface area (Å²) in [5, 5.41) is 0. The van der Waals surface area contributed by atoms with Crippen LogP contribution in [0.4, 0.5) is 0 Å². The molecule has 4 heteroatoms. The molecule has 1 aromatic carbocycles. The molecule has 0 N–H and O–H groups in total. The summed E-state index contributed by atoms with van der Waals surface area (Å²) in [5.41, 5.74) is 0.917. The lowest BCUT2D eigenvalue weighted by Gasteiger charge is -2.06. The van der Waals surface area contributed by atoms with Gasteiger partial charge in [-0.15, -0.1) is 0 Å². The number of carbonyl (C=O) groups is 2. The van der Waals surface area contributed by atoms with Crippen molar-refractivity contribution in [2.24, 2.45) is 0 Å². The van der Waals surface area contributed by atoms with Crippen molar-refractivity contribution in [2.45, 2.75) is 13.8 Å². The minimum atomic E-state index is -0.451. The zero-order valence-corrected chi connectivity index (χ0v) is 9.86. The minimum Gasteiger partial charge on any atom is -0.462 e. The van der Waals surface area contributed by atoms with E-state index in [2.05, 4.69) is 6.58 Å². The monoisotopic (exact) mass is 234 g/mol. The van der Waals surface area contributed by atoms with Crippen LogP contribution in [0.15, 0.2) is 30.8 Å². The van der Waals surface area contributed by atoms with Crippen molar-refractivity contribution < 1.29 is 19.1 Å². The Morgan fingerprint density at radius 1 is 1.24 bits per heavy atom. The van der Waals surface area contributed by atoms with Crippen molar-refractivity contribution in [2.75, 3.05) is 6.61 Å². The highest BCUT2D eigenvalue weighted by Crippen LogP contribution is 2.18. The van der Waals surface area contributed by atoms with E-state index in [1.165, 1.54) is 6.92 Å². The molecule has 0 saturated carbocycles. The summed E-state index contributed by atoms with van der Waals surface area (Å²) >= 11 is 0. The van der Waals surface area contributed by atoms with E-state index in [1.807, 2.05) is 0 Å². The Hall–Kier alpha value is -2.10. The molecule has 0 atom stereocenters. The third-order valence-electron chi connectivity index (χ3n) is 1.99. The van der Waals surface area contributed by atoms with Crippen LogP contribution in [0, 0.1) is 0 Å². The predicted octanol–water partition coefficient (Wildman–Crippen LogP) is 2.19. The summed E-state index contributed by atoms with van der Waals surface area (Å²) in [6.45, 7) is 7.02. The molecule has 4 nitrogen and oxygen atoms in total. The van der Waals surface area contributed by atoms with Crippen LogP contribution >= 0.6 is 0 Å². The molecule has 17 heavy (non-hydrogen) atoms. The first-order valence-corrected chi connectivity index (χ1v) is 5.19. The van der Waals surface area contributed by atoms with Gasteiger partial charge in [0.05, 0.1) is 12.2 Å². The van der Waals surface area contributed by atoms with Gasteiger partial charge in [0, 0.05) is 6.92 Å². The molecule has 0 aliphatic rings. The Morgan fingerprint density at radius 3 is 2.29 bits per heavy atom. The summed E-state index contributed by atoms with van der Waals surface area (Å²) in [5.74, 6) is -0.410. The lowest BCUT2D eigenvalue weighted by atomic mass is 10.1. The quantitative estimate of drug-likeness (QED) is 0.455. The van der Waals surface area contributed by atoms with Crippen molar-refractivity contribution in [1.82, 2.24) is 0 Å². The largest absolute Gasteiger partial charge is 0.462 e. The Morgan fingerprint density at radius 2 is 1.82 bits per heavy atom. The molecule has 0 saturated heterocycles. The van der Waals surface area contributed by atoms with Crippen LogP contribution in [0.1, 0.15) is 19.4 Å². The zero-order valence-electron chi connectivity index (χ0n) is 9.86. The smallest absolute Gasteiger partial charge is 0.338 e. The highest BCUT2D eigenvalue weighted by molar-refractivity contribution is 6.15. The van der Waals surface area contributed by atoms with Gasteiger partial charge in [-0.25, -0.2) is 4.79 Å². The first-order valence-electron chi connectivity index (χ1n) is 5.19. The molecular weight excluding hydrogens is 220 g/mol. The second-order valence-corrected chi connectivity index (χ2v) is 3.32. The van der Waals surface area contributed by atoms with Crippen LogP contribution in [0.2, 0.25) is 0 Å². The maximum absolute atomic E-state index is 11.4. The van der Waals surface area contributed by atoms with E-state index in [0.717, 1.165) is 0 Å². The molecule has 1 rings (SSSR count). The number of carbonyl (C=O) groups excluding carboxylic acids is 2. The van der Waals surface area contributed by atoms with Crippen molar-refractivity contribution in [3.05, 3.63) is 36.4 Å². The molecule has 90 valence electrons. The SMILES string of the molecule is C=C(C(=O)OCC)c1ccc(OC(C)=O)cc1. The first kappa shape index (κ1) is 13.0. The molecule has 0 amide bonds. The van der Waals surface area contributed by atoms with Crippen LogP contribution < -0.4 is 4.74 Å².